The van der Waals surface area contributed by atoms with Crippen molar-refractivity contribution in [1.29, 1.82) is 0 Å². The lowest BCUT2D eigenvalue weighted by Gasteiger charge is -2.12. The molecule has 27 heavy (non-hydrogen) atoms. The van der Waals surface area contributed by atoms with Gasteiger partial charge in [-0.2, -0.15) is 0 Å². The fourth-order valence-corrected chi connectivity index (χ4v) is 3.50. The van der Waals surface area contributed by atoms with Crippen LogP contribution in [0.2, 0.25) is 0 Å². The number of thioether (sulfide) groups is 1. The van der Waals surface area contributed by atoms with Gasteiger partial charge in [-0.25, -0.2) is 4.98 Å². The van der Waals surface area contributed by atoms with Crippen molar-refractivity contribution in [3.8, 4) is 5.75 Å². The first-order valence-electron chi connectivity index (χ1n) is 8.80. The SMILES string of the molecule is COC(=S)C(C)Cc1ccc(OCc2nc3ccc(SC)cc3n2C)cc1. The van der Waals surface area contributed by atoms with Crippen molar-refractivity contribution in [2.75, 3.05) is 13.4 Å². The Hall–Kier alpha value is -2.05. The van der Waals surface area contributed by atoms with Gasteiger partial charge in [0, 0.05) is 17.9 Å². The fraction of sp³-hybridized carbons (Fsp3) is 0.333. The number of hydrogen-bond acceptors (Lipinski definition) is 5. The summed E-state index contributed by atoms with van der Waals surface area (Å²) >= 11 is 6.93. The van der Waals surface area contributed by atoms with Crippen LogP contribution < -0.4 is 4.74 Å². The molecule has 142 valence electrons. The molecule has 0 spiro atoms. The number of imidazole rings is 1. The zero-order valence-corrected chi connectivity index (χ0v) is 17.7. The van der Waals surface area contributed by atoms with Crippen LogP contribution in [0.5, 0.6) is 5.75 Å². The van der Waals surface area contributed by atoms with E-state index < -0.39 is 0 Å². The van der Waals surface area contributed by atoms with Crippen LogP contribution in [0.1, 0.15) is 18.3 Å². The molecule has 0 N–H and O–H groups in total. The molecule has 0 aliphatic carbocycles. The molecule has 0 saturated carbocycles. The number of hydrogen-bond donors (Lipinski definition) is 0. The van der Waals surface area contributed by atoms with Gasteiger partial charge in [-0.1, -0.05) is 19.1 Å². The molecule has 4 nitrogen and oxygen atoms in total. The molecule has 3 rings (SSSR count). The van der Waals surface area contributed by atoms with E-state index in [-0.39, 0.29) is 5.92 Å². The third-order valence-electron chi connectivity index (χ3n) is 4.62. The van der Waals surface area contributed by atoms with E-state index in [2.05, 4.69) is 53.1 Å². The smallest absolute Gasteiger partial charge is 0.162 e. The Bertz CT molecular complexity index is 935. The highest BCUT2D eigenvalue weighted by atomic mass is 32.2. The van der Waals surface area contributed by atoms with Gasteiger partial charge in [0.05, 0.1) is 18.1 Å². The van der Waals surface area contributed by atoms with Crippen molar-refractivity contribution in [3.05, 3.63) is 53.9 Å². The van der Waals surface area contributed by atoms with Crippen LogP contribution in [-0.2, 0) is 24.8 Å². The summed E-state index contributed by atoms with van der Waals surface area (Å²) in [5.41, 5.74) is 3.33. The van der Waals surface area contributed by atoms with Crippen LogP contribution in [0.3, 0.4) is 0 Å². The minimum absolute atomic E-state index is 0.211. The third-order valence-corrected chi connectivity index (χ3v) is 5.91. The van der Waals surface area contributed by atoms with Crippen molar-refractivity contribution in [2.45, 2.75) is 24.8 Å². The Morgan fingerprint density at radius 1 is 1.22 bits per heavy atom. The van der Waals surface area contributed by atoms with Gasteiger partial charge in [0.15, 0.2) is 5.05 Å². The first-order chi connectivity index (χ1) is 13.0. The summed E-state index contributed by atoms with van der Waals surface area (Å²) in [6, 6.07) is 14.5. The van der Waals surface area contributed by atoms with Gasteiger partial charge in [-0.3, -0.25) is 0 Å². The molecule has 0 saturated heterocycles. The predicted molar refractivity (Wildman–Crippen MR) is 116 cm³/mol. The standard InChI is InChI=1S/C21H24N2O2S2/c1-14(21(26)24-3)11-15-5-7-16(8-6-15)25-13-20-22-18-10-9-17(27-4)12-19(18)23(20)2/h5-10,12,14H,11,13H2,1-4H3. The minimum atomic E-state index is 0.211. The molecule has 0 radical (unpaired) electrons. The molecule has 6 heteroatoms. The molecule has 1 atom stereocenters. The lowest BCUT2D eigenvalue weighted by atomic mass is 10.0. The van der Waals surface area contributed by atoms with Crippen LogP contribution in [0.25, 0.3) is 11.0 Å². The van der Waals surface area contributed by atoms with Gasteiger partial charge in [0.25, 0.3) is 0 Å². The Kier molecular flexibility index (Phi) is 6.39. The van der Waals surface area contributed by atoms with Crippen LogP contribution in [0.4, 0.5) is 0 Å². The average molecular weight is 401 g/mol. The van der Waals surface area contributed by atoms with Gasteiger partial charge in [0.2, 0.25) is 0 Å². The number of nitrogens with zero attached hydrogens (tertiary/aromatic N) is 2. The molecule has 1 unspecified atom stereocenters. The van der Waals surface area contributed by atoms with Crippen molar-refractivity contribution in [2.24, 2.45) is 13.0 Å². The maximum Gasteiger partial charge on any atom is 0.162 e. The molecule has 0 aliphatic heterocycles. The highest BCUT2D eigenvalue weighted by Gasteiger charge is 2.11. The zero-order valence-electron chi connectivity index (χ0n) is 16.1. The van der Waals surface area contributed by atoms with Gasteiger partial charge < -0.3 is 14.0 Å². The Morgan fingerprint density at radius 3 is 2.63 bits per heavy atom. The predicted octanol–water partition coefficient (Wildman–Crippen LogP) is 5.03. The summed E-state index contributed by atoms with van der Waals surface area (Å²) in [6.45, 7) is 2.51. The second-order valence-electron chi connectivity index (χ2n) is 6.50. The number of thiocarbonyl (C=S) groups is 1. The molecule has 1 aromatic heterocycles. The Balaban J connectivity index is 1.65. The molecular weight excluding hydrogens is 376 g/mol. The van der Waals surface area contributed by atoms with Gasteiger partial charge in [0.1, 0.15) is 18.2 Å². The van der Waals surface area contributed by atoms with E-state index in [4.69, 9.17) is 21.7 Å². The summed E-state index contributed by atoms with van der Waals surface area (Å²) in [4.78, 5) is 5.92. The third kappa shape index (κ3) is 4.62. The highest BCUT2D eigenvalue weighted by molar-refractivity contribution is 7.98. The number of rotatable bonds is 7. The summed E-state index contributed by atoms with van der Waals surface area (Å²) in [5, 5.41) is 0.641. The van der Waals surface area contributed by atoms with E-state index in [0.29, 0.717) is 11.7 Å². The van der Waals surface area contributed by atoms with E-state index in [1.807, 2.05) is 19.2 Å². The number of benzene rings is 2. The summed E-state index contributed by atoms with van der Waals surface area (Å²) < 4.78 is 13.2. The van der Waals surface area contributed by atoms with E-state index in [1.165, 1.54) is 10.5 Å². The zero-order chi connectivity index (χ0) is 19.4. The van der Waals surface area contributed by atoms with Gasteiger partial charge >= 0.3 is 0 Å². The van der Waals surface area contributed by atoms with Crippen molar-refractivity contribution < 1.29 is 9.47 Å². The van der Waals surface area contributed by atoms with Crippen LogP contribution in [0.15, 0.2) is 47.4 Å². The van der Waals surface area contributed by atoms with Crippen molar-refractivity contribution in [3.63, 3.8) is 0 Å². The maximum atomic E-state index is 5.95. The minimum Gasteiger partial charge on any atom is -0.490 e. The second-order valence-corrected chi connectivity index (χ2v) is 7.78. The number of ether oxygens (including phenoxy) is 2. The monoisotopic (exact) mass is 400 g/mol. The number of aryl methyl sites for hydroxylation is 1. The molecular formula is C21H24N2O2S2. The fourth-order valence-electron chi connectivity index (χ4n) is 2.98. The molecule has 2 aromatic carbocycles. The summed E-state index contributed by atoms with van der Waals surface area (Å²) in [5.74, 6) is 1.95. The Labute approximate surface area is 169 Å². The lowest BCUT2D eigenvalue weighted by molar-refractivity contribution is 0.292. The van der Waals surface area contributed by atoms with E-state index in [1.54, 1.807) is 18.9 Å². The Morgan fingerprint density at radius 2 is 1.96 bits per heavy atom. The topological polar surface area (TPSA) is 36.3 Å². The quantitative estimate of drug-likeness (QED) is 0.411. The molecule has 0 fully saturated rings. The second kappa shape index (κ2) is 8.76. The van der Waals surface area contributed by atoms with Crippen LogP contribution >= 0.6 is 24.0 Å². The number of aromatic nitrogens is 2. The van der Waals surface area contributed by atoms with Crippen molar-refractivity contribution >= 4 is 40.1 Å². The highest BCUT2D eigenvalue weighted by Crippen LogP contribution is 2.23. The van der Waals surface area contributed by atoms with Gasteiger partial charge in [-0.05, 0) is 60.8 Å². The summed E-state index contributed by atoms with van der Waals surface area (Å²) in [7, 11) is 3.65. The molecule has 0 bridgehead atoms. The first kappa shape index (κ1) is 19.7. The van der Waals surface area contributed by atoms with Gasteiger partial charge in [-0.15, -0.1) is 11.8 Å². The lowest BCUT2D eigenvalue weighted by Crippen LogP contribution is -2.13. The number of fused-ring (bicyclic) bond motifs is 1. The van der Waals surface area contributed by atoms with Crippen molar-refractivity contribution in [1.82, 2.24) is 9.55 Å². The molecule has 3 aromatic rings. The van der Waals surface area contributed by atoms with E-state index in [0.717, 1.165) is 29.0 Å². The summed E-state index contributed by atoms with van der Waals surface area (Å²) in [6.07, 6.45) is 2.93. The molecule has 0 aliphatic rings. The molecule has 1 heterocycles. The van der Waals surface area contributed by atoms with Crippen LogP contribution in [-0.4, -0.2) is 28.0 Å². The largest absolute Gasteiger partial charge is 0.490 e. The van der Waals surface area contributed by atoms with E-state index >= 15 is 0 Å². The average Bonchev–Trinajstić information content (AvgIpc) is 3.01. The normalized spacial score (nSPS) is 12.1. The van der Waals surface area contributed by atoms with Crippen LogP contribution in [0, 0.1) is 5.92 Å². The first-order valence-corrected chi connectivity index (χ1v) is 10.4. The number of methoxy groups -OCH3 is 1. The van der Waals surface area contributed by atoms with E-state index in [9.17, 15) is 0 Å². The molecule has 0 amide bonds. The maximum absolute atomic E-state index is 5.95.